The topological polar surface area (TPSA) is 76.7 Å². The Labute approximate surface area is 174 Å². The van der Waals surface area contributed by atoms with Crippen LogP contribution in [0.3, 0.4) is 0 Å². The van der Waals surface area contributed by atoms with Crippen molar-refractivity contribution in [1.29, 1.82) is 0 Å². The standard InChI is InChI=1S/C18H23Cl3N2O4/c1-2-3-4-5-6-26-9-14-15(24)16(25)17(27-14)23-13-8-11(20)10(19)7-12(13)22-18(23)21/h7-8,14-17,24-25H,2-6,9H2,1H3/t14-,15-,16-,17?/m1/s1/i5D/t5?,14-,15-,16-,17?. The van der Waals surface area contributed by atoms with Gasteiger partial charge in [0.2, 0.25) is 5.28 Å². The molecule has 1 fully saturated rings. The van der Waals surface area contributed by atoms with Crippen molar-refractivity contribution in [3.05, 3.63) is 27.5 Å². The van der Waals surface area contributed by atoms with Crippen LogP contribution in [0, 0.1) is 0 Å². The lowest BCUT2D eigenvalue weighted by Gasteiger charge is -2.18. The van der Waals surface area contributed by atoms with Crippen LogP contribution in [-0.4, -0.2) is 51.3 Å². The predicted molar refractivity (Wildman–Crippen MR) is 106 cm³/mol. The van der Waals surface area contributed by atoms with E-state index in [0.29, 0.717) is 21.1 Å². The van der Waals surface area contributed by atoms with Crippen molar-refractivity contribution >= 4 is 45.8 Å². The number of hydrogen-bond donors (Lipinski definition) is 2. The number of rotatable bonds is 8. The number of imidazole rings is 1. The Morgan fingerprint density at radius 2 is 1.96 bits per heavy atom. The third kappa shape index (κ3) is 4.53. The summed E-state index contributed by atoms with van der Waals surface area (Å²) in [7, 11) is 0. The number of aliphatic hydroxyl groups excluding tert-OH is 2. The van der Waals surface area contributed by atoms with Crippen LogP contribution in [-0.2, 0) is 9.47 Å². The summed E-state index contributed by atoms with van der Waals surface area (Å²) in [5, 5.41) is 21.6. The van der Waals surface area contributed by atoms with Crippen LogP contribution < -0.4 is 0 Å². The van der Waals surface area contributed by atoms with E-state index in [1.165, 1.54) is 4.57 Å². The Bertz CT molecular complexity index is 822. The van der Waals surface area contributed by atoms with Gasteiger partial charge in [-0.2, -0.15) is 0 Å². The number of ether oxygens (including phenoxy) is 2. The van der Waals surface area contributed by atoms with Crippen molar-refractivity contribution < 1.29 is 21.1 Å². The Morgan fingerprint density at radius 3 is 2.70 bits per heavy atom. The molecule has 1 saturated heterocycles. The highest BCUT2D eigenvalue weighted by Gasteiger charge is 2.45. The van der Waals surface area contributed by atoms with Crippen LogP contribution >= 0.6 is 34.8 Å². The average Bonchev–Trinajstić information content (AvgIpc) is 3.10. The molecule has 150 valence electrons. The van der Waals surface area contributed by atoms with Crippen molar-refractivity contribution in [2.24, 2.45) is 0 Å². The smallest absolute Gasteiger partial charge is 0.206 e. The highest BCUT2D eigenvalue weighted by atomic mass is 35.5. The lowest BCUT2D eigenvalue weighted by Crippen LogP contribution is -2.34. The van der Waals surface area contributed by atoms with Gasteiger partial charge in [0.1, 0.15) is 18.3 Å². The molecule has 2 unspecified atom stereocenters. The first-order chi connectivity index (χ1) is 13.3. The summed E-state index contributed by atoms with van der Waals surface area (Å²) in [5.41, 5.74) is 1.03. The Balaban J connectivity index is 1.71. The van der Waals surface area contributed by atoms with Gasteiger partial charge in [-0.05, 0) is 30.1 Å². The highest BCUT2D eigenvalue weighted by Crippen LogP contribution is 2.37. The second-order valence-electron chi connectivity index (χ2n) is 6.52. The number of aromatic nitrogens is 2. The van der Waals surface area contributed by atoms with Gasteiger partial charge in [0.25, 0.3) is 0 Å². The molecule has 1 aromatic heterocycles. The minimum atomic E-state index is -1.23. The summed E-state index contributed by atoms with van der Waals surface area (Å²) in [6, 6.07) is 3.16. The zero-order valence-corrected chi connectivity index (χ0v) is 17.1. The maximum Gasteiger partial charge on any atom is 0.206 e. The SMILES string of the molecule is [2H]C(CCCC)COC[C@H]1OC(n2c(Cl)nc3cc(Cl)c(Cl)cc32)[C@H](O)[C@@H]1O. The van der Waals surface area contributed by atoms with Crippen molar-refractivity contribution in [3.63, 3.8) is 0 Å². The maximum atomic E-state index is 10.5. The summed E-state index contributed by atoms with van der Waals surface area (Å²) >= 11 is 18.4. The number of hydrogen-bond acceptors (Lipinski definition) is 5. The summed E-state index contributed by atoms with van der Waals surface area (Å²) in [6.45, 7) is 2.38. The molecule has 5 atom stereocenters. The second-order valence-corrected chi connectivity index (χ2v) is 7.67. The van der Waals surface area contributed by atoms with Crippen LogP contribution in [0.1, 0.15) is 40.2 Å². The second kappa shape index (κ2) is 9.27. The quantitative estimate of drug-likeness (QED) is 0.645. The average molecular weight is 439 g/mol. The molecule has 0 radical (unpaired) electrons. The molecule has 0 bridgehead atoms. The Morgan fingerprint density at radius 1 is 1.22 bits per heavy atom. The van der Waals surface area contributed by atoms with Crippen molar-refractivity contribution in [3.8, 4) is 0 Å². The summed E-state index contributed by atoms with van der Waals surface area (Å²) in [6.07, 6.45) is -1.66. The van der Waals surface area contributed by atoms with Gasteiger partial charge in [-0.15, -0.1) is 0 Å². The van der Waals surface area contributed by atoms with E-state index in [-0.39, 0.29) is 24.9 Å². The lowest BCUT2D eigenvalue weighted by atomic mass is 10.1. The van der Waals surface area contributed by atoms with E-state index in [0.717, 1.165) is 19.3 Å². The first-order valence-electron chi connectivity index (χ1n) is 9.45. The monoisotopic (exact) mass is 437 g/mol. The van der Waals surface area contributed by atoms with Crippen molar-refractivity contribution in [1.82, 2.24) is 9.55 Å². The van der Waals surface area contributed by atoms with Gasteiger partial charge in [-0.3, -0.25) is 4.57 Å². The van der Waals surface area contributed by atoms with Gasteiger partial charge in [-0.1, -0.05) is 49.4 Å². The number of fused-ring (bicyclic) bond motifs is 1. The van der Waals surface area contributed by atoms with E-state index >= 15 is 0 Å². The molecule has 9 heteroatoms. The number of aliphatic hydroxyl groups is 2. The first kappa shape index (κ1) is 19.7. The molecular formula is C18H23Cl3N2O4. The molecule has 6 nitrogen and oxygen atoms in total. The molecule has 1 aromatic carbocycles. The molecule has 2 aromatic rings. The Hall–Kier alpha value is -0.600. The number of nitrogens with zero attached hydrogens (tertiary/aromatic N) is 2. The fourth-order valence-electron chi connectivity index (χ4n) is 3.08. The van der Waals surface area contributed by atoms with E-state index in [4.69, 9.17) is 45.6 Å². The molecule has 0 spiro atoms. The summed E-state index contributed by atoms with van der Waals surface area (Å²) in [5.74, 6) is 0. The number of halogens is 3. The van der Waals surface area contributed by atoms with E-state index in [1.807, 2.05) is 0 Å². The molecule has 2 N–H and O–H groups in total. The largest absolute Gasteiger partial charge is 0.387 e. The van der Waals surface area contributed by atoms with Crippen molar-refractivity contribution in [2.45, 2.75) is 57.1 Å². The number of benzene rings is 1. The highest BCUT2D eigenvalue weighted by molar-refractivity contribution is 6.42. The van der Waals surface area contributed by atoms with Gasteiger partial charge < -0.3 is 19.7 Å². The van der Waals surface area contributed by atoms with Crippen LogP contribution in [0.25, 0.3) is 11.0 Å². The first-order valence-corrected chi connectivity index (χ1v) is 10.0. The minimum Gasteiger partial charge on any atom is -0.387 e. The normalized spacial score (nSPS) is 27.3. The van der Waals surface area contributed by atoms with E-state index in [1.54, 1.807) is 12.1 Å². The minimum absolute atomic E-state index is 0.0626. The van der Waals surface area contributed by atoms with Crippen LogP contribution in [0.5, 0.6) is 0 Å². The van der Waals surface area contributed by atoms with E-state index < -0.39 is 24.5 Å². The zero-order chi connectivity index (χ0) is 20.4. The van der Waals surface area contributed by atoms with Gasteiger partial charge in [-0.25, -0.2) is 4.98 Å². The molecule has 0 amide bonds. The maximum absolute atomic E-state index is 10.5. The molecule has 0 saturated carbocycles. The molecule has 1 aliphatic heterocycles. The third-order valence-corrected chi connectivity index (χ3v) is 5.55. The van der Waals surface area contributed by atoms with Crippen LogP contribution in [0.15, 0.2) is 12.1 Å². The molecule has 2 heterocycles. The van der Waals surface area contributed by atoms with Gasteiger partial charge in [0, 0.05) is 7.98 Å². The third-order valence-electron chi connectivity index (χ3n) is 4.56. The summed E-state index contributed by atoms with van der Waals surface area (Å²) in [4.78, 5) is 4.21. The molecule has 0 aliphatic carbocycles. The number of unbranched alkanes of at least 4 members (excludes halogenated alkanes) is 1. The fraction of sp³-hybridized carbons (Fsp3) is 0.611. The lowest BCUT2D eigenvalue weighted by molar-refractivity contribution is -0.0654. The van der Waals surface area contributed by atoms with E-state index in [9.17, 15) is 10.2 Å². The zero-order valence-electron chi connectivity index (χ0n) is 15.8. The van der Waals surface area contributed by atoms with E-state index in [2.05, 4.69) is 11.9 Å². The Kier molecular flexibility index (Phi) is 6.76. The van der Waals surface area contributed by atoms with Crippen LogP contribution in [0.2, 0.25) is 15.3 Å². The van der Waals surface area contributed by atoms with Crippen molar-refractivity contribution in [2.75, 3.05) is 13.2 Å². The molecular weight excluding hydrogens is 415 g/mol. The van der Waals surface area contributed by atoms with Gasteiger partial charge >= 0.3 is 0 Å². The molecule has 3 rings (SSSR count). The van der Waals surface area contributed by atoms with Gasteiger partial charge in [0.15, 0.2) is 6.23 Å². The molecule has 27 heavy (non-hydrogen) atoms. The fourth-order valence-corrected chi connectivity index (χ4v) is 3.68. The predicted octanol–water partition coefficient (Wildman–Crippen LogP) is 4.21. The molecule has 1 aliphatic rings. The van der Waals surface area contributed by atoms with Crippen LogP contribution in [0.4, 0.5) is 0 Å². The van der Waals surface area contributed by atoms with Gasteiger partial charge in [0.05, 0.1) is 27.7 Å². The summed E-state index contributed by atoms with van der Waals surface area (Å²) < 4.78 is 20.8.